The standard InChI is InChI=1S/C30H30FN9O4/c1-3-26(42)38-17-30(31,18-38)29(43)37-10-7-22(8-11-37)40-19(2)27(35-36-40)20-12-24(28-21(13-32)14-34-39(28)15-20)44-25(16-41)23-6-4-5-9-33-23/h3-6,9,12,14-15,22,25,41H,1,7-8,10-11,16-18H2,2H3/t25-/m1/s1. The van der Waals surface area contributed by atoms with Crippen molar-refractivity contribution in [2.75, 3.05) is 32.8 Å². The van der Waals surface area contributed by atoms with Crippen molar-refractivity contribution in [1.82, 2.24) is 39.4 Å². The van der Waals surface area contributed by atoms with Crippen LogP contribution in [0.15, 0.2) is 55.5 Å². The maximum absolute atomic E-state index is 15.2. The second-order valence-electron chi connectivity index (χ2n) is 11.0. The van der Waals surface area contributed by atoms with Crippen LogP contribution in [0.5, 0.6) is 5.75 Å². The van der Waals surface area contributed by atoms with E-state index in [4.69, 9.17) is 4.74 Å². The topological polar surface area (TPSA) is 155 Å². The maximum Gasteiger partial charge on any atom is 0.264 e. The van der Waals surface area contributed by atoms with E-state index in [1.54, 1.807) is 36.7 Å². The van der Waals surface area contributed by atoms with Gasteiger partial charge in [0.2, 0.25) is 11.6 Å². The molecule has 1 N–H and O–H groups in total. The van der Waals surface area contributed by atoms with Crippen LogP contribution in [0.1, 0.15) is 41.9 Å². The molecule has 13 nitrogen and oxygen atoms in total. The van der Waals surface area contributed by atoms with Crippen LogP contribution >= 0.6 is 0 Å². The molecule has 4 aromatic heterocycles. The molecule has 2 aliphatic rings. The van der Waals surface area contributed by atoms with Gasteiger partial charge in [-0.3, -0.25) is 14.6 Å². The van der Waals surface area contributed by atoms with Crippen LogP contribution in [0, 0.1) is 18.3 Å². The van der Waals surface area contributed by atoms with Crippen molar-refractivity contribution in [1.29, 1.82) is 5.26 Å². The predicted octanol–water partition coefficient (Wildman–Crippen LogP) is 2.18. The van der Waals surface area contributed by atoms with Gasteiger partial charge < -0.3 is 19.6 Å². The Morgan fingerprint density at radius 1 is 1.30 bits per heavy atom. The van der Waals surface area contributed by atoms with Gasteiger partial charge in [0.05, 0.1) is 43.3 Å². The molecule has 6 heterocycles. The lowest BCUT2D eigenvalue weighted by atomic mass is 9.92. The summed E-state index contributed by atoms with van der Waals surface area (Å²) in [5.41, 5.74) is 1.20. The fourth-order valence-electron chi connectivity index (χ4n) is 5.83. The summed E-state index contributed by atoms with van der Waals surface area (Å²) in [5, 5.41) is 33.0. The van der Waals surface area contributed by atoms with Crippen LogP contribution in [0.25, 0.3) is 16.8 Å². The van der Waals surface area contributed by atoms with E-state index < -0.39 is 17.7 Å². The quantitative estimate of drug-likeness (QED) is 0.300. The molecule has 2 saturated heterocycles. The molecule has 2 amide bonds. The molecule has 14 heteroatoms. The number of nitrogens with zero attached hydrogens (tertiary/aromatic N) is 9. The van der Waals surface area contributed by atoms with E-state index in [-0.39, 0.29) is 31.6 Å². The molecule has 6 rings (SSSR count). The van der Waals surface area contributed by atoms with E-state index in [1.165, 1.54) is 20.5 Å². The summed E-state index contributed by atoms with van der Waals surface area (Å²) in [6.07, 6.45) is 6.23. The van der Waals surface area contributed by atoms with Gasteiger partial charge >= 0.3 is 0 Å². The third kappa shape index (κ3) is 5.05. The lowest BCUT2D eigenvalue weighted by Crippen LogP contribution is -2.68. The van der Waals surface area contributed by atoms with Crippen molar-refractivity contribution in [3.8, 4) is 23.1 Å². The van der Waals surface area contributed by atoms with Gasteiger partial charge in [-0.25, -0.2) is 13.6 Å². The van der Waals surface area contributed by atoms with Crippen LogP contribution in [0.2, 0.25) is 0 Å². The number of carbonyl (C=O) groups is 2. The number of amides is 2. The van der Waals surface area contributed by atoms with E-state index in [0.29, 0.717) is 59.7 Å². The number of nitriles is 1. The number of rotatable bonds is 8. The summed E-state index contributed by atoms with van der Waals surface area (Å²) in [5.74, 6) is -0.658. The normalized spacial score (nSPS) is 17.1. The van der Waals surface area contributed by atoms with Crippen molar-refractivity contribution in [3.63, 3.8) is 0 Å². The molecular formula is C30H30FN9O4. The SMILES string of the molecule is C=CC(=O)N1CC(F)(C(=O)N2CCC(n3nnc(-c4cc(O[C@H](CO)c5ccccn5)c5c(C#N)cnn5c4)c3C)CC2)C1. The first-order chi connectivity index (χ1) is 21.3. The first kappa shape index (κ1) is 28.9. The number of hydrogen-bond acceptors (Lipinski definition) is 9. The summed E-state index contributed by atoms with van der Waals surface area (Å²) < 4.78 is 24.7. The molecule has 0 spiro atoms. The summed E-state index contributed by atoms with van der Waals surface area (Å²) in [4.78, 5) is 31.7. The van der Waals surface area contributed by atoms with Crippen molar-refractivity contribution in [2.24, 2.45) is 0 Å². The molecule has 1 atom stereocenters. The Balaban J connectivity index is 1.21. The highest BCUT2D eigenvalue weighted by molar-refractivity contribution is 5.93. The molecular weight excluding hydrogens is 569 g/mol. The lowest BCUT2D eigenvalue weighted by Gasteiger charge is -2.45. The molecule has 0 bridgehead atoms. The zero-order valence-corrected chi connectivity index (χ0v) is 24.0. The van der Waals surface area contributed by atoms with Crippen molar-refractivity contribution >= 4 is 17.3 Å². The van der Waals surface area contributed by atoms with E-state index in [9.17, 15) is 20.0 Å². The molecule has 4 aromatic rings. The molecule has 0 aliphatic carbocycles. The number of likely N-dealkylation sites (tertiary alicyclic amines) is 2. The second kappa shape index (κ2) is 11.5. The van der Waals surface area contributed by atoms with Gasteiger partial charge in [0, 0.05) is 31.0 Å². The molecule has 0 saturated carbocycles. The molecule has 0 radical (unpaired) electrons. The highest BCUT2D eigenvalue weighted by Crippen LogP contribution is 2.35. The second-order valence-corrected chi connectivity index (χ2v) is 11.0. The number of alkyl halides is 1. The minimum atomic E-state index is -2.07. The van der Waals surface area contributed by atoms with Gasteiger partial charge in [-0.1, -0.05) is 17.9 Å². The first-order valence-electron chi connectivity index (χ1n) is 14.2. The van der Waals surface area contributed by atoms with Crippen LogP contribution in [-0.2, 0) is 9.59 Å². The first-order valence-corrected chi connectivity index (χ1v) is 14.2. The van der Waals surface area contributed by atoms with Crippen molar-refractivity contribution in [3.05, 3.63) is 72.5 Å². The van der Waals surface area contributed by atoms with Crippen LogP contribution in [-0.4, -0.2) is 94.8 Å². The number of aliphatic hydroxyl groups excluding tert-OH is 1. The van der Waals surface area contributed by atoms with Gasteiger partial charge in [0.15, 0.2) is 6.10 Å². The number of pyridine rings is 2. The molecule has 226 valence electrons. The van der Waals surface area contributed by atoms with Gasteiger partial charge in [-0.05, 0) is 44.0 Å². The Morgan fingerprint density at radius 2 is 2.07 bits per heavy atom. The Kier molecular flexibility index (Phi) is 7.56. The fraction of sp³-hybridized carbons (Fsp3) is 0.367. The van der Waals surface area contributed by atoms with Crippen LogP contribution in [0.4, 0.5) is 4.39 Å². The monoisotopic (exact) mass is 599 g/mol. The number of carbonyl (C=O) groups excluding carboxylic acids is 2. The van der Waals surface area contributed by atoms with E-state index >= 15 is 4.39 Å². The van der Waals surface area contributed by atoms with E-state index in [2.05, 4.69) is 33.0 Å². The summed E-state index contributed by atoms with van der Waals surface area (Å²) in [6, 6.07) is 9.12. The van der Waals surface area contributed by atoms with E-state index in [1.807, 2.05) is 11.6 Å². The predicted molar refractivity (Wildman–Crippen MR) is 154 cm³/mol. The summed E-state index contributed by atoms with van der Waals surface area (Å²) in [6.45, 7) is 5.14. The fourth-order valence-corrected chi connectivity index (χ4v) is 5.83. The number of piperidine rings is 1. The van der Waals surface area contributed by atoms with Gasteiger partial charge in [-0.2, -0.15) is 10.4 Å². The average Bonchev–Trinajstić information content (AvgIpc) is 3.64. The number of hydrogen-bond donors (Lipinski definition) is 1. The zero-order valence-electron chi connectivity index (χ0n) is 24.0. The largest absolute Gasteiger partial charge is 0.479 e. The van der Waals surface area contributed by atoms with Gasteiger partial charge in [0.25, 0.3) is 5.91 Å². The number of ether oxygens (including phenoxy) is 1. The minimum absolute atomic E-state index is 0.0617. The third-order valence-corrected chi connectivity index (χ3v) is 8.20. The third-order valence-electron chi connectivity index (χ3n) is 8.20. The number of fused-ring (bicyclic) bond motifs is 1. The smallest absolute Gasteiger partial charge is 0.264 e. The minimum Gasteiger partial charge on any atom is -0.479 e. The molecule has 0 aromatic carbocycles. The van der Waals surface area contributed by atoms with Crippen molar-refractivity contribution in [2.45, 2.75) is 37.6 Å². The Morgan fingerprint density at radius 3 is 2.73 bits per heavy atom. The lowest BCUT2D eigenvalue weighted by molar-refractivity contribution is -0.162. The highest BCUT2D eigenvalue weighted by atomic mass is 19.1. The molecule has 0 unspecified atom stereocenters. The zero-order chi connectivity index (χ0) is 31.0. The number of halogens is 1. The van der Waals surface area contributed by atoms with Crippen LogP contribution < -0.4 is 4.74 Å². The van der Waals surface area contributed by atoms with Gasteiger partial charge in [0.1, 0.15) is 28.6 Å². The number of aliphatic hydroxyl groups is 1. The maximum atomic E-state index is 15.2. The Bertz CT molecular complexity index is 1770. The molecule has 2 fully saturated rings. The van der Waals surface area contributed by atoms with Crippen LogP contribution in [0.3, 0.4) is 0 Å². The molecule has 44 heavy (non-hydrogen) atoms. The Labute approximate surface area is 251 Å². The van der Waals surface area contributed by atoms with Gasteiger partial charge in [-0.15, -0.1) is 5.10 Å². The highest BCUT2D eigenvalue weighted by Gasteiger charge is 2.53. The summed E-state index contributed by atoms with van der Waals surface area (Å²) >= 11 is 0. The van der Waals surface area contributed by atoms with E-state index in [0.717, 1.165) is 11.8 Å². The molecule has 2 aliphatic heterocycles. The van der Waals surface area contributed by atoms with Crippen molar-refractivity contribution < 1.29 is 23.8 Å². The summed E-state index contributed by atoms with van der Waals surface area (Å²) in [7, 11) is 0. The number of aromatic nitrogens is 6. The Hall–Kier alpha value is -5.16. The average molecular weight is 600 g/mol.